The number of hydrogen-bond acceptors (Lipinski definition) is 4. The smallest absolute Gasteiger partial charge is 0.306 e. The van der Waals surface area contributed by atoms with Crippen LogP contribution in [0.5, 0.6) is 0 Å². The van der Waals surface area contributed by atoms with Crippen molar-refractivity contribution in [3.05, 3.63) is 109 Å². The van der Waals surface area contributed by atoms with E-state index in [2.05, 4.69) is 123 Å². The van der Waals surface area contributed by atoms with Gasteiger partial charge < -0.3 is 14.6 Å². The van der Waals surface area contributed by atoms with Crippen molar-refractivity contribution < 1.29 is 19.4 Å². The summed E-state index contributed by atoms with van der Waals surface area (Å²) < 4.78 is 11.1. The maximum Gasteiger partial charge on any atom is 0.306 e. The molecule has 0 aliphatic carbocycles. The molecule has 0 radical (unpaired) electrons. The molecule has 0 aromatic carbocycles. The van der Waals surface area contributed by atoms with Gasteiger partial charge in [0.15, 0.2) is 0 Å². The lowest BCUT2D eigenvalue weighted by Crippen LogP contribution is -2.27. The Morgan fingerprint density at radius 1 is 0.455 bits per heavy atom. The fourth-order valence-corrected chi connectivity index (χ4v) is 5.75. The van der Waals surface area contributed by atoms with Crippen LogP contribution in [-0.2, 0) is 14.3 Å². The van der Waals surface area contributed by atoms with Gasteiger partial charge in [-0.2, -0.15) is 0 Å². The van der Waals surface area contributed by atoms with Crippen molar-refractivity contribution in [1.29, 1.82) is 0 Å². The first-order valence-electron chi connectivity index (χ1n) is 22.5. The Balaban J connectivity index is 3.59. The second-order valence-corrected chi connectivity index (χ2v) is 14.4. The lowest BCUT2D eigenvalue weighted by atomic mass is 10.1. The summed E-state index contributed by atoms with van der Waals surface area (Å²) in [6, 6.07) is 0. The van der Waals surface area contributed by atoms with E-state index in [1.54, 1.807) is 0 Å². The number of ether oxygens (including phenoxy) is 2. The lowest BCUT2D eigenvalue weighted by molar-refractivity contribution is -0.154. The number of carbonyl (C=O) groups is 1. The average Bonchev–Trinajstić information content (AvgIpc) is 3.19. The van der Waals surface area contributed by atoms with Crippen molar-refractivity contribution in [2.45, 2.75) is 187 Å². The molecule has 0 amide bonds. The Morgan fingerprint density at radius 3 is 1.24 bits per heavy atom. The molecule has 1 N–H and O–H groups in total. The van der Waals surface area contributed by atoms with Crippen LogP contribution in [0, 0.1) is 0 Å². The van der Waals surface area contributed by atoms with Crippen molar-refractivity contribution in [2.75, 3.05) is 19.8 Å². The molecule has 312 valence electrons. The van der Waals surface area contributed by atoms with Crippen LogP contribution < -0.4 is 0 Å². The van der Waals surface area contributed by atoms with Crippen LogP contribution in [0.25, 0.3) is 0 Å². The molecule has 1 unspecified atom stereocenters. The van der Waals surface area contributed by atoms with Crippen LogP contribution in [0.1, 0.15) is 181 Å². The maximum atomic E-state index is 12.2. The van der Waals surface area contributed by atoms with E-state index in [-0.39, 0.29) is 19.2 Å². The number of esters is 1. The van der Waals surface area contributed by atoms with Crippen molar-refractivity contribution in [1.82, 2.24) is 0 Å². The Hall–Kier alpha value is -2.95. The predicted molar refractivity (Wildman–Crippen MR) is 241 cm³/mol. The standard InChI is InChI=1S/C51H84O4/c1-3-5-7-9-11-13-15-17-19-21-23-25-27-29-31-33-35-37-39-41-43-45-47-54-49-50(48-52)55-51(53)46-44-42-40-38-36-34-32-30-28-26-24-22-20-18-16-14-12-10-8-6-4-2/h5,7,11,13,16-19,22-25,28-31,35,37,50,52H,3-4,6,8-10,12,14-15,20-21,26-27,32-34,36,38-49H2,1-2H3/b7-5-,13-11-,18-16-,19-17-,24-22-,25-23-,30-28-,31-29-,37-35-. The van der Waals surface area contributed by atoms with E-state index in [1.165, 1.54) is 57.8 Å². The summed E-state index contributed by atoms with van der Waals surface area (Å²) in [6.07, 6.45) is 68.6. The third kappa shape index (κ3) is 45.3. The summed E-state index contributed by atoms with van der Waals surface area (Å²) in [5.41, 5.74) is 0. The van der Waals surface area contributed by atoms with Crippen LogP contribution in [0.15, 0.2) is 109 Å². The average molecular weight is 761 g/mol. The lowest BCUT2D eigenvalue weighted by Gasteiger charge is -2.15. The van der Waals surface area contributed by atoms with E-state index in [0.717, 1.165) is 103 Å². The molecular formula is C51H84O4. The highest BCUT2D eigenvalue weighted by atomic mass is 16.6. The molecule has 0 saturated heterocycles. The second-order valence-electron chi connectivity index (χ2n) is 14.4. The molecule has 4 heteroatoms. The molecule has 55 heavy (non-hydrogen) atoms. The molecule has 0 bridgehead atoms. The Kier molecular flexibility index (Phi) is 44.7. The van der Waals surface area contributed by atoms with E-state index in [1.807, 2.05) is 0 Å². The predicted octanol–water partition coefficient (Wildman–Crippen LogP) is 15.1. The Labute approximate surface area is 340 Å². The molecule has 0 heterocycles. The molecule has 0 aromatic rings. The number of aliphatic hydroxyl groups excluding tert-OH is 1. The van der Waals surface area contributed by atoms with Gasteiger partial charge in [0.1, 0.15) is 6.10 Å². The van der Waals surface area contributed by atoms with Crippen molar-refractivity contribution in [3.8, 4) is 0 Å². The fourth-order valence-electron chi connectivity index (χ4n) is 5.75. The van der Waals surface area contributed by atoms with Crippen LogP contribution in [0.2, 0.25) is 0 Å². The van der Waals surface area contributed by atoms with Crippen molar-refractivity contribution >= 4 is 5.97 Å². The highest BCUT2D eigenvalue weighted by Crippen LogP contribution is 2.11. The van der Waals surface area contributed by atoms with Crippen LogP contribution >= 0.6 is 0 Å². The summed E-state index contributed by atoms with van der Waals surface area (Å²) in [7, 11) is 0. The van der Waals surface area contributed by atoms with Gasteiger partial charge in [-0.05, 0) is 103 Å². The summed E-state index contributed by atoms with van der Waals surface area (Å²) in [5.74, 6) is -0.230. The molecule has 4 nitrogen and oxygen atoms in total. The van der Waals surface area contributed by atoms with Gasteiger partial charge in [0.05, 0.1) is 13.2 Å². The second kappa shape index (κ2) is 47.2. The zero-order chi connectivity index (χ0) is 39.8. The molecule has 0 saturated carbocycles. The van der Waals surface area contributed by atoms with Gasteiger partial charge in [0.25, 0.3) is 0 Å². The highest BCUT2D eigenvalue weighted by molar-refractivity contribution is 5.69. The minimum atomic E-state index is -0.568. The Bertz CT molecular complexity index is 1070. The minimum Gasteiger partial charge on any atom is -0.457 e. The van der Waals surface area contributed by atoms with Gasteiger partial charge in [-0.3, -0.25) is 4.79 Å². The first-order valence-corrected chi connectivity index (χ1v) is 22.5. The third-order valence-electron chi connectivity index (χ3n) is 9.08. The third-order valence-corrected chi connectivity index (χ3v) is 9.08. The zero-order valence-electron chi connectivity index (χ0n) is 35.6. The minimum absolute atomic E-state index is 0.199. The van der Waals surface area contributed by atoms with E-state index in [4.69, 9.17) is 9.47 Å². The monoisotopic (exact) mass is 761 g/mol. The fraction of sp³-hybridized carbons (Fsp3) is 0.627. The van der Waals surface area contributed by atoms with Crippen LogP contribution in [0.3, 0.4) is 0 Å². The van der Waals surface area contributed by atoms with Gasteiger partial charge in [0.2, 0.25) is 0 Å². The largest absolute Gasteiger partial charge is 0.457 e. The van der Waals surface area contributed by atoms with Crippen molar-refractivity contribution in [2.24, 2.45) is 0 Å². The number of unbranched alkanes of at least 4 members (excludes halogenated alkanes) is 14. The van der Waals surface area contributed by atoms with Gasteiger partial charge in [-0.1, -0.05) is 181 Å². The van der Waals surface area contributed by atoms with Gasteiger partial charge in [0, 0.05) is 13.0 Å². The number of carbonyl (C=O) groups excluding carboxylic acids is 1. The number of rotatable bonds is 40. The molecular weight excluding hydrogens is 677 g/mol. The SMILES string of the molecule is CC/C=C\C/C=C\C/C=C\C/C=C\C/C=C\C/C=C\CCCCCOCC(CO)OC(=O)CCCCCCCC/C=C\C/C=C\C/C=C\CCCCCCC. The molecule has 1 atom stereocenters. The van der Waals surface area contributed by atoms with Gasteiger partial charge in [-0.15, -0.1) is 0 Å². The summed E-state index contributed by atoms with van der Waals surface area (Å²) in [5, 5.41) is 9.62. The van der Waals surface area contributed by atoms with E-state index in [9.17, 15) is 9.90 Å². The molecule has 0 aromatic heterocycles. The number of allylic oxidation sites excluding steroid dienone is 18. The number of aliphatic hydroxyl groups is 1. The molecule has 0 rings (SSSR count). The molecule has 0 aliphatic rings. The van der Waals surface area contributed by atoms with Gasteiger partial charge >= 0.3 is 5.97 Å². The number of hydrogen-bond donors (Lipinski definition) is 1. The summed E-state index contributed by atoms with van der Waals surface area (Å²) in [4.78, 5) is 12.2. The first-order chi connectivity index (χ1) is 27.2. The maximum absolute atomic E-state index is 12.2. The Morgan fingerprint density at radius 2 is 0.818 bits per heavy atom. The van der Waals surface area contributed by atoms with Crippen LogP contribution in [-0.4, -0.2) is 37.0 Å². The molecule has 0 aliphatic heterocycles. The molecule has 0 spiro atoms. The quantitative estimate of drug-likeness (QED) is 0.0384. The van der Waals surface area contributed by atoms with E-state index < -0.39 is 6.10 Å². The summed E-state index contributed by atoms with van der Waals surface area (Å²) in [6.45, 7) is 5.11. The first kappa shape index (κ1) is 52.0. The van der Waals surface area contributed by atoms with Gasteiger partial charge in [-0.25, -0.2) is 0 Å². The normalized spacial score (nSPS) is 13.4. The summed E-state index contributed by atoms with van der Waals surface area (Å²) >= 11 is 0. The molecule has 0 fully saturated rings. The highest BCUT2D eigenvalue weighted by Gasteiger charge is 2.13. The van der Waals surface area contributed by atoms with Crippen LogP contribution in [0.4, 0.5) is 0 Å². The van der Waals surface area contributed by atoms with E-state index in [0.29, 0.717) is 13.0 Å². The van der Waals surface area contributed by atoms with E-state index >= 15 is 0 Å². The topological polar surface area (TPSA) is 55.8 Å². The van der Waals surface area contributed by atoms with Crippen molar-refractivity contribution in [3.63, 3.8) is 0 Å². The zero-order valence-corrected chi connectivity index (χ0v) is 35.6.